The number of halogens is 1. The van der Waals surface area contributed by atoms with E-state index in [9.17, 15) is 9.59 Å². The Morgan fingerprint density at radius 3 is 2.50 bits per heavy atom. The summed E-state index contributed by atoms with van der Waals surface area (Å²) < 4.78 is 0. The van der Waals surface area contributed by atoms with Gasteiger partial charge >= 0.3 is 0 Å². The molecular formula is C20H30ClN3O2. The largest absolute Gasteiger partial charge is 0.355 e. The number of hydrogen-bond acceptors (Lipinski definition) is 3. The first-order valence-corrected chi connectivity index (χ1v) is 9.50. The Morgan fingerprint density at radius 2 is 1.85 bits per heavy atom. The van der Waals surface area contributed by atoms with Gasteiger partial charge < -0.3 is 16.0 Å². The van der Waals surface area contributed by atoms with Crippen molar-refractivity contribution in [3.05, 3.63) is 35.9 Å². The molecular weight excluding hydrogens is 350 g/mol. The van der Waals surface area contributed by atoms with Crippen molar-refractivity contribution in [3.63, 3.8) is 0 Å². The van der Waals surface area contributed by atoms with Gasteiger partial charge in [0.1, 0.15) is 0 Å². The smallest absolute Gasteiger partial charge is 0.233 e. The summed E-state index contributed by atoms with van der Waals surface area (Å²) in [5, 5.41) is 2.87. The second-order valence-corrected chi connectivity index (χ2v) is 7.33. The van der Waals surface area contributed by atoms with Gasteiger partial charge in [-0.25, -0.2) is 0 Å². The van der Waals surface area contributed by atoms with Crippen LogP contribution in [0.4, 0.5) is 0 Å². The number of nitrogens with one attached hydrogen (secondary N) is 1. The lowest BCUT2D eigenvalue weighted by Crippen LogP contribution is -2.51. The summed E-state index contributed by atoms with van der Waals surface area (Å²) >= 11 is 0. The third-order valence-electron chi connectivity index (χ3n) is 5.72. The van der Waals surface area contributed by atoms with Crippen LogP contribution < -0.4 is 11.1 Å². The lowest BCUT2D eigenvalue weighted by Gasteiger charge is -2.39. The Kier molecular flexibility index (Phi) is 7.47. The third kappa shape index (κ3) is 4.21. The molecule has 0 aromatic heterocycles. The van der Waals surface area contributed by atoms with Gasteiger partial charge in [0.05, 0.1) is 11.3 Å². The second kappa shape index (κ2) is 9.38. The molecule has 0 bridgehead atoms. The van der Waals surface area contributed by atoms with E-state index < -0.39 is 5.41 Å². The minimum atomic E-state index is -0.392. The molecule has 1 aliphatic heterocycles. The molecule has 1 saturated heterocycles. The molecule has 0 spiro atoms. The van der Waals surface area contributed by atoms with Crippen LogP contribution in [0.1, 0.15) is 44.1 Å². The molecule has 1 saturated carbocycles. The average molecular weight is 380 g/mol. The first-order chi connectivity index (χ1) is 12.2. The molecule has 1 aromatic rings. The normalized spacial score (nSPS) is 21.7. The van der Waals surface area contributed by atoms with Gasteiger partial charge in [-0.2, -0.15) is 0 Å². The first kappa shape index (κ1) is 20.7. The maximum absolute atomic E-state index is 13.5. The van der Waals surface area contributed by atoms with Crippen molar-refractivity contribution in [2.75, 3.05) is 26.2 Å². The predicted octanol–water partition coefficient (Wildman–Crippen LogP) is 2.23. The molecule has 1 aliphatic carbocycles. The lowest BCUT2D eigenvalue weighted by molar-refractivity contribution is -0.141. The summed E-state index contributed by atoms with van der Waals surface area (Å²) in [6.45, 7) is 2.23. The topological polar surface area (TPSA) is 75.4 Å². The Balaban J connectivity index is 0.00000243. The van der Waals surface area contributed by atoms with Gasteiger partial charge in [0.2, 0.25) is 11.8 Å². The number of amides is 2. The lowest BCUT2D eigenvalue weighted by atomic mass is 9.77. The monoisotopic (exact) mass is 379 g/mol. The van der Waals surface area contributed by atoms with E-state index >= 15 is 0 Å². The minimum absolute atomic E-state index is 0. The summed E-state index contributed by atoms with van der Waals surface area (Å²) in [6, 6.07) is 10.2. The van der Waals surface area contributed by atoms with Crippen molar-refractivity contribution < 1.29 is 9.59 Å². The van der Waals surface area contributed by atoms with Crippen LogP contribution in [0.3, 0.4) is 0 Å². The Labute approximate surface area is 162 Å². The van der Waals surface area contributed by atoms with Crippen molar-refractivity contribution in [2.45, 2.75) is 43.9 Å². The molecule has 1 heterocycles. The molecule has 144 valence electrons. The number of carbonyl (C=O) groups is 2. The van der Waals surface area contributed by atoms with Crippen molar-refractivity contribution in [2.24, 2.45) is 11.7 Å². The molecule has 1 unspecified atom stereocenters. The van der Waals surface area contributed by atoms with E-state index in [1.807, 2.05) is 23.1 Å². The zero-order chi connectivity index (χ0) is 17.7. The van der Waals surface area contributed by atoms with E-state index in [0.29, 0.717) is 19.6 Å². The number of nitrogens with two attached hydrogens (primary N) is 1. The Bertz CT molecular complexity index is 602. The molecule has 1 aromatic carbocycles. The summed E-state index contributed by atoms with van der Waals surface area (Å²) in [5.74, 6) is 0.133. The van der Waals surface area contributed by atoms with E-state index in [2.05, 4.69) is 17.4 Å². The number of carbonyl (C=O) groups excluding carboxylic acids is 2. The van der Waals surface area contributed by atoms with Gasteiger partial charge in [-0.1, -0.05) is 43.2 Å². The number of rotatable bonds is 5. The molecule has 26 heavy (non-hydrogen) atoms. The third-order valence-corrected chi connectivity index (χ3v) is 5.72. The van der Waals surface area contributed by atoms with Crippen LogP contribution in [0.2, 0.25) is 0 Å². The van der Waals surface area contributed by atoms with Gasteiger partial charge in [-0.05, 0) is 31.2 Å². The van der Waals surface area contributed by atoms with Crippen LogP contribution in [0.25, 0.3) is 0 Å². The van der Waals surface area contributed by atoms with E-state index in [0.717, 1.165) is 50.6 Å². The van der Waals surface area contributed by atoms with Crippen LogP contribution >= 0.6 is 12.4 Å². The van der Waals surface area contributed by atoms with E-state index in [-0.39, 0.29) is 30.1 Å². The fourth-order valence-corrected chi connectivity index (χ4v) is 4.38. The number of piperidine rings is 1. The second-order valence-electron chi connectivity index (χ2n) is 7.33. The van der Waals surface area contributed by atoms with Crippen molar-refractivity contribution in [3.8, 4) is 0 Å². The Morgan fingerprint density at radius 1 is 1.15 bits per heavy atom. The molecule has 2 fully saturated rings. The standard InChI is InChI=1S/C20H29N3O2.ClH/c21-12-13-22-18(24)16-7-6-14-23(15-16)19(25)20(10-4-5-11-20)17-8-2-1-3-9-17;/h1-3,8-9,16H,4-7,10-15,21H2,(H,22,24);1H. The quantitative estimate of drug-likeness (QED) is 0.823. The van der Waals surface area contributed by atoms with Crippen LogP contribution in [0.5, 0.6) is 0 Å². The van der Waals surface area contributed by atoms with Gasteiger partial charge in [0.15, 0.2) is 0 Å². The fraction of sp³-hybridized carbons (Fsp3) is 0.600. The minimum Gasteiger partial charge on any atom is -0.355 e. The van der Waals surface area contributed by atoms with Crippen molar-refractivity contribution in [1.82, 2.24) is 10.2 Å². The number of likely N-dealkylation sites (tertiary alicyclic amines) is 1. The molecule has 5 nitrogen and oxygen atoms in total. The van der Waals surface area contributed by atoms with Crippen LogP contribution in [-0.4, -0.2) is 42.9 Å². The van der Waals surface area contributed by atoms with E-state index in [1.54, 1.807) is 0 Å². The molecule has 3 rings (SSSR count). The SMILES string of the molecule is Cl.NCCNC(=O)C1CCCN(C(=O)C2(c3ccccc3)CCCC2)C1. The summed E-state index contributed by atoms with van der Waals surface area (Å²) in [7, 11) is 0. The van der Waals surface area contributed by atoms with Gasteiger partial charge in [0.25, 0.3) is 0 Å². The summed E-state index contributed by atoms with van der Waals surface area (Å²) in [4.78, 5) is 27.7. The highest BCUT2D eigenvalue weighted by Gasteiger charge is 2.45. The highest BCUT2D eigenvalue weighted by Crippen LogP contribution is 2.43. The zero-order valence-corrected chi connectivity index (χ0v) is 16.1. The van der Waals surface area contributed by atoms with Gasteiger partial charge in [-0.3, -0.25) is 9.59 Å². The van der Waals surface area contributed by atoms with Crippen LogP contribution in [0, 0.1) is 5.92 Å². The highest BCUT2D eigenvalue weighted by molar-refractivity contribution is 5.89. The van der Waals surface area contributed by atoms with Crippen molar-refractivity contribution >= 4 is 24.2 Å². The summed E-state index contributed by atoms with van der Waals surface area (Å²) in [6.07, 6.45) is 5.74. The Hall–Kier alpha value is -1.59. The van der Waals surface area contributed by atoms with Gasteiger partial charge in [0, 0.05) is 26.2 Å². The number of nitrogens with zero attached hydrogens (tertiary/aromatic N) is 1. The number of benzene rings is 1. The van der Waals surface area contributed by atoms with Crippen LogP contribution in [-0.2, 0) is 15.0 Å². The molecule has 0 radical (unpaired) electrons. The molecule has 6 heteroatoms. The molecule has 2 amide bonds. The fourth-order valence-electron chi connectivity index (χ4n) is 4.38. The molecule has 3 N–H and O–H groups in total. The van der Waals surface area contributed by atoms with Crippen molar-refractivity contribution in [1.29, 1.82) is 0 Å². The van der Waals surface area contributed by atoms with Crippen LogP contribution in [0.15, 0.2) is 30.3 Å². The first-order valence-electron chi connectivity index (χ1n) is 9.50. The average Bonchev–Trinajstić information content (AvgIpc) is 3.17. The zero-order valence-electron chi connectivity index (χ0n) is 15.3. The maximum atomic E-state index is 13.5. The predicted molar refractivity (Wildman–Crippen MR) is 105 cm³/mol. The van der Waals surface area contributed by atoms with E-state index in [4.69, 9.17) is 5.73 Å². The van der Waals surface area contributed by atoms with E-state index in [1.165, 1.54) is 0 Å². The highest BCUT2D eigenvalue weighted by atomic mass is 35.5. The molecule has 2 aliphatic rings. The van der Waals surface area contributed by atoms with Gasteiger partial charge in [-0.15, -0.1) is 12.4 Å². The maximum Gasteiger partial charge on any atom is 0.233 e. The number of hydrogen-bond donors (Lipinski definition) is 2. The summed E-state index contributed by atoms with van der Waals surface area (Å²) in [5.41, 5.74) is 6.21. The molecule has 1 atom stereocenters.